The molecule has 0 spiro atoms. The Kier molecular flexibility index (Phi) is 8.77. The molecule has 2 heteroatoms. The first-order chi connectivity index (χ1) is 9.77. The molecule has 0 aromatic heterocycles. The van der Waals surface area contributed by atoms with E-state index < -0.39 is 0 Å². The highest BCUT2D eigenvalue weighted by Gasteiger charge is 2.16. The van der Waals surface area contributed by atoms with E-state index in [-0.39, 0.29) is 5.97 Å². The van der Waals surface area contributed by atoms with Gasteiger partial charge in [-0.1, -0.05) is 69.4 Å². The van der Waals surface area contributed by atoms with Crippen molar-refractivity contribution in [3.63, 3.8) is 0 Å². The Morgan fingerprint density at radius 2 is 1.75 bits per heavy atom. The summed E-state index contributed by atoms with van der Waals surface area (Å²) in [5, 5.41) is 0. The lowest BCUT2D eigenvalue weighted by Crippen LogP contribution is -2.10. The van der Waals surface area contributed by atoms with Crippen LogP contribution in [0.3, 0.4) is 0 Å². The van der Waals surface area contributed by atoms with Crippen LogP contribution in [0, 0.1) is 0 Å². The first kappa shape index (κ1) is 16.7. The number of ether oxygens (including phenoxy) is 1. The topological polar surface area (TPSA) is 26.3 Å². The minimum absolute atomic E-state index is 0.0742. The highest BCUT2D eigenvalue weighted by Crippen LogP contribution is 2.26. The van der Waals surface area contributed by atoms with Gasteiger partial charge >= 0.3 is 5.97 Å². The molecule has 1 atom stereocenters. The molecule has 20 heavy (non-hydrogen) atoms. The number of benzene rings is 1. The van der Waals surface area contributed by atoms with Crippen LogP contribution in [0.4, 0.5) is 0 Å². The van der Waals surface area contributed by atoms with Crippen molar-refractivity contribution in [2.24, 2.45) is 0 Å². The average molecular weight is 276 g/mol. The number of rotatable bonds is 10. The third kappa shape index (κ3) is 6.74. The third-order valence-electron chi connectivity index (χ3n) is 3.65. The van der Waals surface area contributed by atoms with Crippen molar-refractivity contribution in [2.45, 2.75) is 64.7 Å². The molecule has 1 aromatic rings. The van der Waals surface area contributed by atoms with Crippen LogP contribution in [0.1, 0.15) is 70.3 Å². The van der Waals surface area contributed by atoms with Gasteiger partial charge in [0.1, 0.15) is 0 Å². The van der Waals surface area contributed by atoms with Crippen molar-refractivity contribution in [1.82, 2.24) is 0 Å². The SMILES string of the molecule is CCCCCCCC(CC(=O)OCC)c1ccccc1. The zero-order valence-electron chi connectivity index (χ0n) is 12.9. The molecule has 1 unspecified atom stereocenters. The minimum Gasteiger partial charge on any atom is -0.466 e. The summed E-state index contributed by atoms with van der Waals surface area (Å²) in [7, 11) is 0. The standard InChI is InChI=1S/C18H28O2/c1-3-5-6-7-9-14-17(15-18(19)20-4-2)16-12-10-8-11-13-16/h8,10-13,17H,3-7,9,14-15H2,1-2H3. The van der Waals surface area contributed by atoms with Gasteiger partial charge in [-0.25, -0.2) is 0 Å². The fourth-order valence-corrected chi connectivity index (χ4v) is 2.53. The molecule has 0 aliphatic carbocycles. The summed E-state index contributed by atoms with van der Waals surface area (Å²) in [6, 6.07) is 10.4. The summed E-state index contributed by atoms with van der Waals surface area (Å²) in [6.07, 6.45) is 7.92. The van der Waals surface area contributed by atoms with Crippen molar-refractivity contribution >= 4 is 5.97 Å². The number of hydrogen-bond donors (Lipinski definition) is 0. The summed E-state index contributed by atoms with van der Waals surface area (Å²) in [5.74, 6) is 0.229. The van der Waals surface area contributed by atoms with Gasteiger partial charge in [-0.2, -0.15) is 0 Å². The largest absolute Gasteiger partial charge is 0.466 e. The molecule has 0 aliphatic rings. The Morgan fingerprint density at radius 1 is 1.05 bits per heavy atom. The smallest absolute Gasteiger partial charge is 0.306 e. The Labute approximate surface area is 123 Å². The molecular formula is C18H28O2. The monoisotopic (exact) mass is 276 g/mol. The summed E-state index contributed by atoms with van der Waals surface area (Å²) in [4.78, 5) is 11.7. The van der Waals surface area contributed by atoms with Crippen molar-refractivity contribution in [1.29, 1.82) is 0 Å². The van der Waals surface area contributed by atoms with E-state index in [9.17, 15) is 4.79 Å². The van der Waals surface area contributed by atoms with Gasteiger partial charge in [0, 0.05) is 0 Å². The van der Waals surface area contributed by atoms with E-state index in [1.54, 1.807) is 0 Å². The van der Waals surface area contributed by atoms with Gasteiger partial charge in [0.25, 0.3) is 0 Å². The highest BCUT2D eigenvalue weighted by molar-refractivity contribution is 5.70. The molecule has 1 rings (SSSR count). The van der Waals surface area contributed by atoms with Gasteiger partial charge in [0.05, 0.1) is 13.0 Å². The maximum Gasteiger partial charge on any atom is 0.306 e. The lowest BCUT2D eigenvalue weighted by molar-refractivity contribution is -0.143. The zero-order valence-corrected chi connectivity index (χ0v) is 12.9. The first-order valence-electron chi connectivity index (χ1n) is 7.98. The number of carbonyl (C=O) groups excluding carboxylic acids is 1. The fraction of sp³-hybridized carbons (Fsp3) is 0.611. The lowest BCUT2D eigenvalue weighted by atomic mass is 9.90. The van der Waals surface area contributed by atoms with E-state index in [0.29, 0.717) is 18.9 Å². The van der Waals surface area contributed by atoms with Crippen LogP contribution in [-0.4, -0.2) is 12.6 Å². The van der Waals surface area contributed by atoms with Gasteiger partial charge in [-0.3, -0.25) is 4.79 Å². The van der Waals surface area contributed by atoms with E-state index in [2.05, 4.69) is 19.1 Å². The molecule has 0 bridgehead atoms. The number of hydrogen-bond acceptors (Lipinski definition) is 2. The normalized spacial score (nSPS) is 12.1. The van der Waals surface area contributed by atoms with Gasteiger partial charge in [-0.05, 0) is 24.8 Å². The van der Waals surface area contributed by atoms with Crippen LogP contribution >= 0.6 is 0 Å². The van der Waals surface area contributed by atoms with Crippen LogP contribution in [0.25, 0.3) is 0 Å². The molecular weight excluding hydrogens is 248 g/mol. The highest BCUT2D eigenvalue weighted by atomic mass is 16.5. The summed E-state index contributed by atoms with van der Waals surface area (Å²) < 4.78 is 5.10. The number of esters is 1. The van der Waals surface area contributed by atoms with E-state index >= 15 is 0 Å². The second-order valence-electron chi connectivity index (χ2n) is 5.32. The predicted molar refractivity (Wildman–Crippen MR) is 83.8 cm³/mol. The Bertz CT molecular complexity index is 359. The quantitative estimate of drug-likeness (QED) is 0.440. The molecule has 112 valence electrons. The van der Waals surface area contributed by atoms with Gasteiger partial charge < -0.3 is 4.74 Å². The molecule has 1 aromatic carbocycles. The van der Waals surface area contributed by atoms with Crippen LogP contribution in [0.5, 0.6) is 0 Å². The summed E-state index contributed by atoms with van der Waals surface area (Å²) >= 11 is 0. The van der Waals surface area contributed by atoms with Gasteiger partial charge in [0.15, 0.2) is 0 Å². The Balaban J connectivity index is 2.49. The maximum atomic E-state index is 11.7. The third-order valence-corrected chi connectivity index (χ3v) is 3.65. The van der Waals surface area contributed by atoms with Crippen molar-refractivity contribution in [3.8, 4) is 0 Å². The molecule has 0 heterocycles. The second kappa shape index (κ2) is 10.5. The minimum atomic E-state index is -0.0742. The fourth-order valence-electron chi connectivity index (χ4n) is 2.53. The van der Waals surface area contributed by atoms with Crippen molar-refractivity contribution in [3.05, 3.63) is 35.9 Å². The molecule has 0 radical (unpaired) electrons. The van der Waals surface area contributed by atoms with E-state index in [1.807, 2.05) is 25.1 Å². The molecule has 0 amide bonds. The van der Waals surface area contributed by atoms with Crippen LogP contribution < -0.4 is 0 Å². The zero-order chi connectivity index (χ0) is 14.6. The average Bonchev–Trinajstić information content (AvgIpc) is 2.47. The van der Waals surface area contributed by atoms with Crippen molar-refractivity contribution < 1.29 is 9.53 Å². The van der Waals surface area contributed by atoms with Gasteiger partial charge in [0.2, 0.25) is 0 Å². The summed E-state index contributed by atoms with van der Waals surface area (Å²) in [6.45, 7) is 4.56. The molecule has 0 N–H and O–H groups in total. The number of carbonyl (C=O) groups is 1. The van der Waals surface area contributed by atoms with Crippen LogP contribution in [0.15, 0.2) is 30.3 Å². The second-order valence-corrected chi connectivity index (χ2v) is 5.32. The van der Waals surface area contributed by atoms with E-state index in [4.69, 9.17) is 4.74 Å². The Morgan fingerprint density at radius 3 is 2.40 bits per heavy atom. The van der Waals surface area contributed by atoms with Crippen molar-refractivity contribution in [2.75, 3.05) is 6.61 Å². The molecule has 0 saturated carbocycles. The number of unbranched alkanes of at least 4 members (excludes halogenated alkanes) is 4. The van der Waals surface area contributed by atoms with Crippen LogP contribution in [-0.2, 0) is 9.53 Å². The molecule has 0 fully saturated rings. The predicted octanol–water partition coefficient (Wildman–Crippen LogP) is 5.08. The van der Waals surface area contributed by atoms with E-state index in [0.717, 1.165) is 6.42 Å². The first-order valence-corrected chi connectivity index (χ1v) is 7.98. The Hall–Kier alpha value is -1.31. The molecule has 0 saturated heterocycles. The van der Waals surface area contributed by atoms with E-state index in [1.165, 1.54) is 37.7 Å². The van der Waals surface area contributed by atoms with Crippen LogP contribution in [0.2, 0.25) is 0 Å². The van der Waals surface area contributed by atoms with Gasteiger partial charge in [-0.15, -0.1) is 0 Å². The molecule has 0 aliphatic heterocycles. The maximum absolute atomic E-state index is 11.7. The molecule has 2 nitrogen and oxygen atoms in total. The summed E-state index contributed by atoms with van der Waals surface area (Å²) in [5.41, 5.74) is 1.26. The lowest BCUT2D eigenvalue weighted by Gasteiger charge is -2.16.